The number of nitrogens with zero attached hydrogens (tertiary/aromatic N) is 6. The van der Waals surface area contributed by atoms with Gasteiger partial charge in [0.1, 0.15) is 0 Å². The van der Waals surface area contributed by atoms with Crippen LogP contribution in [0.1, 0.15) is 22.3 Å². The molecule has 0 N–H and O–H groups in total. The molecule has 9 rings (SSSR count). The Balaban J connectivity index is 1.41. The Morgan fingerprint density at radius 1 is 0.286 bits per heavy atom. The highest BCUT2D eigenvalue weighted by Crippen LogP contribution is 2.48. The van der Waals surface area contributed by atoms with Crippen LogP contribution in [0.15, 0.2) is 171 Å². The van der Waals surface area contributed by atoms with E-state index in [1.165, 1.54) is 66.1 Å². The minimum Gasteiger partial charge on any atom is -0.310 e. The molecule has 56 heavy (non-hydrogen) atoms. The average Bonchev–Trinajstić information content (AvgIpc) is 3.21. The number of pyridine rings is 4. The lowest BCUT2D eigenvalue weighted by Crippen LogP contribution is -2.10. The van der Waals surface area contributed by atoms with Crippen molar-refractivity contribution >= 4 is 55.7 Å². The summed E-state index contributed by atoms with van der Waals surface area (Å²) in [5, 5.41) is 4.72. The van der Waals surface area contributed by atoms with Crippen molar-refractivity contribution < 1.29 is 0 Å². The molecule has 0 aliphatic carbocycles. The summed E-state index contributed by atoms with van der Waals surface area (Å²) < 4.78 is 0. The van der Waals surface area contributed by atoms with E-state index < -0.39 is 0 Å². The topological polar surface area (TPSA) is 58.0 Å². The third-order valence-corrected chi connectivity index (χ3v) is 10.3. The van der Waals surface area contributed by atoms with Gasteiger partial charge in [-0.3, -0.25) is 19.9 Å². The van der Waals surface area contributed by atoms with E-state index in [0.29, 0.717) is 0 Å². The maximum atomic E-state index is 4.34. The fourth-order valence-corrected chi connectivity index (χ4v) is 8.21. The Hall–Kier alpha value is -7.18. The second-order valence-corrected chi connectivity index (χ2v) is 14.5. The van der Waals surface area contributed by atoms with Gasteiger partial charge in [-0.15, -0.1) is 0 Å². The molecule has 0 spiro atoms. The largest absolute Gasteiger partial charge is 0.310 e. The minimum absolute atomic E-state index is 1.02. The van der Waals surface area contributed by atoms with E-state index in [4.69, 9.17) is 0 Å². The first-order valence-corrected chi connectivity index (χ1v) is 18.8. The predicted molar refractivity (Wildman–Crippen MR) is 232 cm³/mol. The quantitative estimate of drug-likeness (QED) is 0.145. The third-order valence-electron chi connectivity index (χ3n) is 10.3. The van der Waals surface area contributed by atoms with Crippen LogP contribution in [0.5, 0.6) is 0 Å². The zero-order chi connectivity index (χ0) is 38.2. The molecule has 4 heterocycles. The Bertz CT molecular complexity index is 2520. The standard InChI is InChI=1S/C50H40N6/c1-33-25-34(2)28-37(27-33)49-45-7-5-44(56(41-13-21-53-22-14-41)42-15-23-54-24-16-42)32-48(45)50(38-29-35(3)26-36(4)30-38)46-8-6-43(31-47(46)49)55(39-9-17-51-18-10-39)40-11-19-52-20-12-40/h5-32H,1-4H3. The molecule has 0 aliphatic heterocycles. The summed E-state index contributed by atoms with van der Waals surface area (Å²) in [6.45, 7) is 8.74. The maximum absolute atomic E-state index is 4.34. The molecule has 0 aliphatic rings. The first kappa shape index (κ1) is 34.6. The van der Waals surface area contributed by atoms with E-state index in [1.807, 2.05) is 49.6 Å². The van der Waals surface area contributed by atoms with Gasteiger partial charge in [-0.05, 0) is 144 Å². The first-order valence-electron chi connectivity index (χ1n) is 18.8. The predicted octanol–water partition coefficient (Wildman–Crippen LogP) is 13.1. The van der Waals surface area contributed by atoms with E-state index in [9.17, 15) is 0 Å². The fourth-order valence-electron chi connectivity index (χ4n) is 8.21. The smallest absolute Gasteiger partial charge is 0.0492 e. The van der Waals surface area contributed by atoms with Crippen LogP contribution in [0.25, 0.3) is 43.8 Å². The summed E-state index contributed by atoms with van der Waals surface area (Å²) in [5.41, 5.74) is 15.9. The molecule has 0 unspecified atom stereocenters. The van der Waals surface area contributed by atoms with Crippen molar-refractivity contribution in [2.24, 2.45) is 0 Å². The van der Waals surface area contributed by atoms with Crippen LogP contribution in [0, 0.1) is 27.7 Å². The van der Waals surface area contributed by atoms with Crippen molar-refractivity contribution in [2.45, 2.75) is 27.7 Å². The molecule has 270 valence electrons. The fraction of sp³-hybridized carbons (Fsp3) is 0.0800. The van der Waals surface area contributed by atoms with E-state index in [0.717, 1.165) is 34.1 Å². The molecule has 0 saturated carbocycles. The zero-order valence-electron chi connectivity index (χ0n) is 31.8. The third kappa shape index (κ3) is 6.52. The molecule has 6 heteroatoms. The van der Waals surface area contributed by atoms with Gasteiger partial charge in [-0.25, -0.2) is 0 Å². The second kappa shape index (κ2) is 14.6. The van der Waals surface area contributed by atoms with Gasteiger partial charge < -0.3 is 9.80 Å². The molecule has 0 atom stereocenters. The second-order valence-electron chi connectivity index (χ2n) is 14.5. The summed E-state index contributed by atoms with van der Waals surface area (Å²) in [6.07, 6.45) is 14.7. The summed E-state index contributed by atoms with van der Waals surface area (Å²) in [6, 6.07) is 44.0. The van der Waals surface area contributed by atoms with Gasteiger partial charge in [0.15, 0.2) is 0 Å². The number of hydrogen-bond donors (Lipinski definition) is 0. The minimum atomic E-state index is 1.02. The lowest BCUT2D eigenvalue weighted by molar-refractivity contribution is 1.22. The summed E-state index contributed by atoms with van der Waals surface area (Å²) in [5.74, 6) is 0. The van der Waals surface area contributed by atoms with Crippen LogP contribution in [-0.2, 0) is 0 Å². The van der Waals surface area contributed by atoms with Crippen LogP contribution in [-0.4, -0.2) is 19.9 Å². The van der Waals surface area contributed by atoms with Crippen LogP contribution >= 0.6 is 0 Å². The highest BCUT2D eigenvalue weighted by atomic mass is 15.1. The number of hydrogen-bond acceptors (Lipinski definition) is 6. The normalized spacial score (nSPS) is 11.2. The van der Waals surface area contributed by atoms with E-state index in [2.05, 4.69) is 179 Å². The number of fused-ring (bicyclic) bond motifs is 2. The molecule has 6 nitrogen and oxygen atoms in total. The summed E-state index contributed by atoms with van der Waals surface area (Å²) in [4.78, 5) is 21.9. The van der Waals surface area contributed by atoms with Crippen molar-refractivity contribution in [1.82, 2.24) is 19.9 Å². The SMILES string of the molecule is Cc1cc(C)cc(-c2c3ccc(N(c4ccncc4)c4ccncc4)cc3c(-c3cc(C)cc(C)c3)c3ccc(N(c4ccncc4)c4ccncc4)cc23)c1. The Morgan fingerprint density at radius 2 is 0.571 bits per heavy atom. The van der Waals surface area contributed by atoms with Gasteiger partial charge in [0.25, 0.3) is 0 Å². The van der Waals surface area contributed by atoms with Crippen LogP contribution in [0.4, 0.5) is 34.1 Å². The van der Waals surface area contributed by atoms with Crippen LogP contribution < -0.4 is 9.80 Å². The monoisotopic (exact) mass is 724 g/mol. The van der Waals surface area contributed by atoms with Crippen LogP contribution in [0.2, 0.25) is 0 Å². The lowest BCUT2D eigenvalue weighted by atomic mass is 9.84. The molecule has 0 bridgehead atoms. The van der Waals surface area contributed by atoms with Crippen LogP contribution in [0.3, 0.4) is 0 Å². The van der Waals surface area contributed by atoms with E-state index in [-0.39, 0.29) is 0 Å². The molecular weight excluding hydrogens is 685 g/mol. The van der Waals surface area contributed by atoms with Crippen molar-refractivity contribution in [3.8, 4) is 22.3 Å². The van der Waals surface area contributed by atoms with Crippen molar-refractivity contribution in [3.63, 3.8) is 0 Å². The maximum Gasteiger partial charge on any atom is 0.0492 e. The van der Waals surface area contributed by atoms with Crippen molar-refractivity contribution in [3.05, 3.63) is 193 Å². The lowest BCUT2D eigenvalue weighted by Gasteiger charge is -2.28. The Morgan fingerprint density at radius 3 is 0.857 bits per heavy atom. The zero-order valence-corrected chi connectivity index (χ0v) is 31.8. The van der Waals surface area contributed by atoms with Gasteiger partial charge in [-0.1, -0.05) is 70.8 Å². The number of rotatable bonds is 8. The van der Waals surface area contributed by atoms with Crippen molar-refractivity contribution in [1.29, 1.82) is 0 Å². The summed E-state index contributed by atoms with van der Waals surface area (Å²) in [7, 11) is 0. The van der Waals surface area contributed by atoms with E-state index in [1.54, 1.807) is 0 Å². The molecule has 0 fully saturated rings. The van der Waals surface area contributed by atoms with E-state index >= 15 is 0 Å². The summed E-state index contributed by atoms with van der Waals surface area (Å²) >= 11 is 0. The molecule has 9 aromatic rings. The van der Waals surface area contributed by atoms with Gasteiger partial charge in [0.05, 0.1) is 0 Å². The first-order chi connectivity index (χ1) is 27.4. The molecule has 5 aromatic carbocycles. The van der Waals surface area contributed by atoms with Gasteiger partial charge >= 0.3 is 0 Å². The molecule has 4 aromatic heterocycles. The Kier molecular flexibility index (Phi) is 9.00. The molecule has 0 saturated heterocycles. The average molecular weight is 725 g/mol. The van der Waals surface area contributed by atoms with Gasteiger partial charge in [0, 0.05) is 83.7 Å². The highest BCUT2D eigenvalue weighted by Gasteiger charge is 2.22. The van der Waals surface area contributed by atoms with Gasteiger partial charge in [-0.2, -0.15) is 0 Å². The Labute approximate surface area is 327 Å². The molecular formula is C50H40N6. The number of anilines is 6. The highest BCUT2D eigenvalue weighted by molar-refractivity contribution is 6.22. The molecule has 0 amide bonds. The molecule has 0 radical (unpaired) electrons. The number of aryl methyl sites for hydroxylation is 4. The van der Waals surface area contributed by atoms with Crippen molar-refractivity contribution in [2.75, 3.05) is 9.80 Å². The number of benzene rings is 5. The van der Waals surface area contributed by atoms with Gasteiger partial charge in [0.2, 0.25) is 0 Å². The number of aromatic nitrogens is 4.